The predicted molar refractivity (Wildman–Crippen MR) is 132 cm³/mol. The second-order valence-electron chi connectivity index (χ2n) is 8.98. The summed E-state index contributed by atoms with van der Waals surface area (Å²) >= 11 is 0. The summed E-state index contributed by atoms with van der Waals surface area (Å²) in [6.45, 7) is 3.02. The molecule has 0 amide bonds. The number of ketones is 1. The highest BCUT2D eigenvalue weighted by Gasteiger charge is 2.37. The number of benzene rings is 3. The van der Waals surface area contributed by atoms with Crippen LogP contribution in [-0.4, -0.2) is 31.3 Å². The molecule has 3 atom stereocenters. The summed E-state index contributed by atoms with van der Waals surface area (Å²) in [5.74, 6) is 1.28. The SMILES string of the molecule is CCC[C@@H]1C(=O)c2cc(OC(CCN(C)C)c3ccccc3)ccc2O[C@@H]1c1ccccc1. The lowest BCUT2D eigenvalue weighted by Crippen LogP contribution is -2.31. The standard InChI is InChI=1S/C29H33NO3/c1-4-11-24-28(31)25-20-23(16-17-27(25)33-29(24)22-14-9-6-10-15-22)32-26(18-19-30(2)3)21-12-7-5-8-13-21/h5-10,12-17,20,24,26,29H,4,11,18-19H2,1-3H3/t24-,26?,29-/m1/s1. The average Bonchev–Trinajstić information content (AvgIpc) is 2.84. The van der Waals surface area contributed by atoms with Gasteiger partial charge in [-0.3, -0.25) is 4.79 Å². The van der Waals surface area contributed by atoms with E-state index in [-0.39, 0.29) is 23.9 Å². The number of carbonyl (C=O) groups is 1. The van der Waals surface area contributed by atoms with E-state index in [1.807, 2.05) is 66.7 Å². The molecule has 0 bridgehead atoms. The molecule has 3 aromatic carbocycles. The van der Waals surface area contributed by atoms with Crippen LogP contribution in [0, 0.1) is 5.92 Å². The summed E-state index contributed by atoms with van der Waals surface area (Å²) in [6, 6.07) is 26.0. The molecule has 4 rings (SSSR count). The van der Waals surface area contributed by atoms with E-state index in [1.165, 1.54) is 0 Å². The molecule has 0 aliphatic carbocycles. The third-order valence-electron chi connectivity index (χ3n) is 6.19. The molecule has 1 heterocycles. The van der Waals surface area contributed by atoms with Crippen LogP contribution in [0.25, 0.3) is 0 Å². The van der Waals surface area contributed by atoms with Gasteiger partial charge in [0.25, 0.3) is 0 Å². The van der Waals surface area contributed by atoms with Crippen molar-refractivity contribution in [3.63, 3.8) is 0 Å². The van der Waals surface area contributed by atoms with Gasteiger partial charge in [0.2, 0.25) is 0 Å². The van der Waals surface area contributed by atoms with Crippen molar-refractivity contribution >= 4 is 5.78 Å². The third kappa shape index (κ3) is 5.45. The maximum atomic E-state index is 13.6. The van der Waals surface area contributed by atoms with Crippen LogP contribution in [-0.2, 0) is 0 Å². The minimum Gasteiger partial charge on any atom is -0.486 e. The molecule has 1 aliphatic rings. The van der Waals surface area contributed by atoms with E-state index in [0.717, 1.165) is 36.9 Å². The molecule has 172 valence electrons. The van der Waals surface area contributed by atoms with Crippen LogP contribution in [0.3, 0.4) is 0 Å². The largest absolute Gasteiger partial charge is 0.486 e. The van der Waals surface area contributed by atoms with Crippen LogP contribution < -0.4 is 9.47 Å². The second kappa shape index (κ2) is 10.7. The Morgan fingerprint density at radius 1 is 0.970 bits per heavy atom. The third-order valence-corrected chi connectivity index (χ3v) is 6.19. The van der Waals surface area contributed by atoms with Crippen LogP contribution in [0.1, 0.15) is 59.9 Å². The zero-order chi connectivity index (χ0) is 23.2. The molecule has 0 N–H and O–H groups in total. The zero-order valence-electron chi connectivity index (χ0n) is 19.7. The molecule has 0 radical (unpaired) electrons. The lowest BCUT2D eigenvalue weighted by molar-refractivity contribution is 0.0633. The Morgan fingerprint density at radius 3 is 2.33 bits per heavy atom. The molecule has 0 saturated heterocycles. The van der Waals surface area contributed by atoms with Crippen molar-refractivity contribution in [1.82, 2.24) is 4.90 Å². The molecular weight excluding hydrogens is 410 g/mol. The molecule has 4 nitrogen and oxygen atoms in total. The van der Waals surface area contributed by atoms with Gasteiger partial charge >= 0.3 is 0 Å². The topological polar surface area (TPSA) is 38.8 Å². The van der Waals surface area contributed by atoms with Gasteiger partial charge in [-0.05, 0) is 49.8 Å². The highest BCUT2D eigenvalue weighted by atomic mass is 16.5. The number of ether oxygens (including phenoxy) is 2. The van der Waals surface area contributed by atoms with E-state index in [4.69, 9.17) is 9.47 Å². The Balaban J connectivity index is 1.61. The van der Waals surface area contributed by atoms with Crippen molar-refractivity contribution in [2.75, 3.05) is 20.6 Å². The van der Waals surface area contributed by atoms with E-state index in [9.17, 15) is 4.79 Å². The Hall–Kier alpha value is -3.11. The van der Waals surface area contributed by atoms with Crippen molar-refractivity contribution < 1.29 is 14.3 Å². The quantitative estimate of drug-likeness (QED) is 0.379. The Kier molecular flexibility index (Phi) is 7.46. The number of rotatable bonds is 9. The Labute approximate surface area is 197 Å². The molecule has 0 fully saturated rings. The van der Waals surface area contributed by atoms with Crippen LogP contribution in [0.15, 0.2) is 78.9 Å². The van der Waals surface area contributed by atoms with Gasteiger partial charge in [0.05, 0.1) is 11.5 Å². The molecule has 3 aromatic rings. The van der Waals surface area contributed by atoms with E-state index in [1.54, 1.807) is 0 Å². The first-order valence-electron chi connectivity index (χ1n) is 11.8. The summed E-state index contributed by atoms with van der Waals surface area (Å²) in [6.07, 6.45) is 2.23. The number of carbonyl (C=O) groups excluding carboxylic acids is 1. The average molecular weight is 444 g/mol. The van der Waals surface area contributed by atoms with E-state index in [0.29, 0.717) is 17.1 Å². The fourth-order valence-corrected chi connectivity index (χ4v) is 4.47. The van der Waals surface area contributed by atoms with Gasteiger partial charge in [-0.15, -0.1) is 0 Å². The van der Waals surface area contributed by atoms with Crippen molar-refractivity contribution in [2.45, 2.75) is 38.4 Å². The van der Waals surface area contributed by atoms with E-state index in [2.05, 4.69) is 38.1 Å². The van der Waals surface area contributed by atoms with Crippen molar-refractivity contribution in [2.24, 2.45) is 5.92 Å². The maximum Gasteiger partial charge on any atom is 0.173 e. The van der Waals surface area contributed by atoms with Crippen molar-refractivity contribution in [3.05, 3.63) is 95.6 Å². The minimum atomic E-state index is -0.255. The van der Waals surface area contributed by atoms with E-state index >= 15 is 0 Å². The highest BCUT2D eigenvalue weighted by Crippen LogP contribution is 2.42. The van der Waals surface area contributed by atoms with Crippen molar-refractivity contribution in [1.29, 1.82) is 0 Å². The maximum absolute atomic E-state index is 13.6. The molecule has 1 unspecified atom stereocenters. The molecule has 1 aliphatic heterocycles. The Morgan fingerprint density at radius 2 is 1.67 bits per heavy atom. The first-order chi connectivity index (χ1) is 16.1. The number of Topliss-reactive ketones (excluding diaryl/α,β-unsaturated/α-hetero) is 1. The van der Waals surface area contributed by atoms with Gasteiger partial charge in [-0.25, -0.2) is 0 Å². The van der Waals surface area contributed by atoms with Gasteiger partial charge in [-0.2, -0.15) is 0 Å². The first-order valence-corrected chi connectivity index (χ1v) is 11.8. The molecule has 33 heavy (non-hydrogen) atoms. The summed E-state index contributed by atoms with van der Waals surface area (Å²) < 4.78 is 12.8. The van der Waals surface area contributed by atoms with Gasteiger partial charge in [0, 0.05) is 13.0 Å². The van der Waals surface area contributed by atoms with Crippen LogP contribution in [0.4, 0.5) is 0 Å². The summed E-state index contributed by atoms with van der Waals surface area (Å²) in [5, 5.41) is 0. The molecule has 0 saturated carbocycles. The second-order valence-corrected chi connectivity index (χ2v) is 8.98. The molecule has 0 aromatic heterocycles. The zero-order valence-corrected chi connectivity index (χ0v) is 19.7. The minimum absolute atomic E-state index is 0.0882. The van der Waals surface area contributed by atoms with Crippen LogP contribution >= 0.6 is 0 Å². The highest BCUT2D eigenvalue weighted by molar-refractivity contribution is 6.02. The Bertz CT molecular complexity index is 1050. The van der Waals surface area contributed by atoms with Crippen LogP contribution in [0.5, 0.6) is 11.5 Å². The smallest absolute Gasteiger partial charge is 0.173 e. The molecule has 4 heteroatoms. The van der Waals surface area contributed by atoms with Gasteiger partial charge in [0.15, 0.2) is 5.78 Å². The monoisotopic (exact) mass is 443 g/mol. The number of fused-ring (bicyclic) bond motifs is 1. The van der Waals surface area contributed by atoms with Crippen LogP contribution in [0.2, 0.25) is 0 Å². The predicted octanol–water partition coefficient (Wildman–Crippen LogP) is 6.49. The summed E-state index contributed by atoms with van der Waals surface area (Å²) in [4.78, 5) is 15.7. The first kappa shape index (κ1) is 23.1. The number of nitrogens with zero attached hydrogens (tertiary/aromatic N) is 1. The van der Waals surface area contributed by atoms with Gasteiger partial charge in [0.1, 0.15) is 23.7 Å². The van der Waals surface area contributed by atoms with Gasteiger partial charge < -0.3 is 14.4 Å². The molecular formula is C29H33NO3. The summed E-state index contributed by atoms with van der Waals surface area (Å²) in [5.41, 5.74) is 2.80. The fourth-order valence-electron chi connectivity index (χ4n) is 4.47. The number of hydrogen-bond acceptors (Lipinski definition) is 4. The lowest BCUT2D eigenvalue weighted by Gasteiger charge is -2.33. The normalized spacial score (nSPS) is 18.5. The van der Waals surface area contributed by atoms with E-state index < -0.39 is 0 Å². The summed E-state index contributed by atoms with van der Waals surface area (Å²) in [7, 11) is 4.13. The molecule has 0 spiro atoms. The number of hydrogen-bond donors (Lipinski definition) is 0. The lowest BCUT2D eigenvalue weighted by atomic mass is 9.83. The van der Waals surface area contributed by atoms with Gasteiger partial charge in [-0.1, -0.05) is 74.0 Å². The van der Waals surface area contributed by atoms with Crippen molar-refractivity contribution in [3.8, 4) is 11.5 Å². The fraction of sp³-hybridized carbons (Fsp3) is 0.345.